The molecule has 2 aromatic heterocycles. The molecule has 4 aromatic rings. The number of hydrogen-bond donors (Lipinski definition) is 0. The molecule has 28 heavy (non-hydrogen) atoms. The molecule has 0 atom stereocenters. The lowest BCUT2D eigenvalue weighted by Gasteiger charge is -2.04. The summed E-state index contributed by atoms with van der Waals surface area (Å²) in [4.78, 5) is 0. The van der Waals surface area contributed by atoms with Crippen molar-refractivity contribution in [3.8, 4) is 28.1 Å². The van der Waals surface area contributed by atoms with Crippen LogP contribution in [-0.2, 0) is 0 Å². The lowest BCUT2D eigenvalue weighted by atomic mass is 10.0. The van der Waals surface area contributed by atoms with E-state index in [1.54, 1.807) is 0 Å². The molecule has 0 saturated carbocycles. The largest absolute Gasteiger partial charge is 1.00 e. The number of hydrogen-bond acceptors (Lipinski definition) is 0. The van der Waals surface area contributed by atoms with Gasteiger partial charge in [-0.15, -0.1) is 0 Å². The third-order valence-electron chi connectivity index (χ3n) is 4.47. The van der Waals surface area contributed by atoms with E-state index >= 15 is 0 Å². The van der Waals surface area contributed by atoms with Crippen molar-refractivity contribution in [2.75, 3.05) is 0 Å². The Labute approximate surface area is 178 Å². The van der Waals surface area contributed by atoms with Crippen molar-refractivity contribution >= 4 is 6.20 Å². The Bertz CT molecular complexity index is 1030. The number of aromatic nitrogens is 2. The van der Waals surface area contributed by atoms with Crippen molar-refractivity contribution in [2.24, 2.45) is 0 Å². The van der Waals surface area contributed by atoms with E-state index in [-0.39, 0.29) is 24.8 Å². The van der Waals surface area contributed by atoms with Gasteiger partial charge in [0.05, 0.1) is 0 Å². The van der Waals surface area contributed by atoms with E-state index in [1.165, 1.54) is 16.7 Å². The summed E-state index contributed by atoms with van der Waals surface area (Å²) in [5.74, 6) is 0. The first-order valence-corrected chi connectivity index (χ1v) is 8.65. The van der Waals surface area contributed by atoms with Crippen LogP contribution in [0.1, 0.15) is 0 Å². The van der Waals surface area contributed by atoms with Crippen molar-refractivity contribution < 1.29 is 33.9 Å². The van der Waals surface area contributed by atoms with E-state index in [4.69, 9.17) is 0 Å². The van der Waals surface area contributed by atoms with Gasteiger partial charge in [-0.1, -0.05) is 36.4 Å². The zero-order valence-electron chi connectivity index (χ0n) is 15.2. The number of para-hydroxylation sites is 1. The summed E-state index contributed by atoms with van der Waals surface area (Å²) >= 11 is 0. The normalized spacial score (nSPS) is 9.71. The quantitative estimate of drug-likeness (QED) is 0.372. The topological polar surface area (TPSA) is 7.76 Å². The summed E-state index contributed by atoms with van der Waals surface area (Å²) in [6, 6.07) is 29.3. The first kappa shape index (κ1) is 21.4. The SMILES string of the molecule is C=C[n+]1ccc(-c2cc[n+](-c3ccccc3)cc2)cc1-c1ccccc1.[Cl-].[Cl-]. The van der Waals surface area contributed by atoms with Crippen molar-refractivity contribution in [3.63, 3.8) is 0 Å². The van der Waals surface area contributed by atoms with E-state index in [1.807, 2.05) is 35.0 Å². The van der Waals surface area contributed by atoms with Gasteiger partial charge in [-0.05, 0) is 29.8 Å². The molecular weight excluding hydrogens is 387 g/mol. The Kier molecular flexibility index (Phi) is 7.51. The molecule has 0 aliphatic heterocycles. The molecule has 140 valence electrons. The highest BCUT2D eigenvalue weighted by molar-refractivity contribution is 5.68. The summed E-state index contributed by atoms with van der Waals surface area (Å²) in [5.41, 5.74) is 5.82. The molecule has 0 fully saturated rings. The first-order chi connectivity index (χ1) is 12.8. The van der Waals surface area contributed by atoms with Gasteiger partial charge in [-0.2, -0.15) is 9.13 Å². The average molecular weight is 407 g/mol. The minimum absolute atomic E-state index is 0. The zero-order valence-corrected chi connectivity index (χ0v) is 16.8. The fourth-order valence-corrected chi connectivity index (χ4v) is 3.08. The van der Waals surface area contributed by atoms with Gasteiger partial charge in [0.25, 0.3) is 0 Å². The highest BCUT2D eigenvalue weighted by Gasteiger charge is 2.13. The van der Waals surface area contributed by atoms with Gasteiger partial charge in [-0.25, -0.2) is 0 Å². The van der Waals surface area contributed by atoms with Crippen LogP contribution in [0.15, 0.2) is 110 Å². The fraction of sp³-hybridized carbons (Fsp3) is 0. The smallest absolute Gasteiger partial charge is 0.218 e. The van der Waals surface area contributed by atoms with Crippen LogP contribution in [0.4, 0.5) is 0 Å². The predicted octanol–water partition coefficient (Wildman–Crippen LogP) is -1.31. The number of nitrogens with zero attached hydrogens (tertiary/aromatic N) is 2. The van der Waals surface area contributed by atoms with Gasteiger partial charge >= 0.3 is 0 Å². The molecular formula is C24H20Cl2N2. The van der Waals surface area contributed by atoms with Crippen LogP contribution in [0.5, 0.6) is 0 Å². The molecule has 4 rings (SSSR count). The van der Waals surface area contributed by atoms with E-state index in [0.29, 0.717) is 0 Å². The van der Waals surface area contributed by atoms with E-state index in [2.05, 4.69) is 90.4 Å². The molecule has 0 radical (unpaired) electrons. The number of pyridine rings is 2. The standard InChI is InChI=1S/C24H20N2.2ClH/c1-2-25-16-15-22(19-24(25)21-9-5-3-6-10-21)20-13-17-26(18-14-20)23-11-7-4-8-12-23;;/h2-19H,1H2;2*1H/q+2;;/p-2. The van der Waals surface area contributed by atoms with Crippen molar-refractivity contribution in [3.05, 3.63) is 110 Å². The second kappa shape index (κ2) is 9.84. The average Bonchev–Trinajstić information content (AvgIpc) is 2.75. The molecule has 4 heteroatoms. The molecule has 0 N–H and O–H groups in total. The summed E-state index contributed by atoms with van der Waals surface area (Å²) in [7, 11) is 0. The first-order valence-electron chi connectivity index (χ1n) is 8.65. The number of rotatable bonds is 4. The molecule has 0 aliphatic rings. The van der Waals surface area contributed by atoms with E-state index in [0.717, 1.165) is 11.4 Å². The molecule has 2 heterocycles. The van der Waals surface area contributed by atoms with Gasteiger partial charge in [0.15, 0.2) is 24.8 Å². The minimum atomic E-state index is 0. The van der Waals surface area contributed by atoms with Crippen LogP contribution in [0.25, 0.3) is 34.3 Å². The zero-order chi connectivity index (χ0) is 17.8. The predicted molar refractivity (Wildman–Crippen MR) is 105 cm³/mol. The monoisotopic (exact) mass is 406 g/mol. The third-order valence-corrected chi connectivity index (χ3v) is 4.47. The molecule has 2 nitrogen and oxygen atoms in total. The summed E-state index contributed by atoms with van der Waals surface area (Å²) in [6.45, 7) is 3.92. The van der Waals surface area contributed by atoms with Gasteiger partial charge in [0, 0.05) is 42.0 Å². The Morgan fingerprint density at radius 2 is 1.18 bits per heavy atom. The van der Waals surface area contributed by atoms with Crippen LogP contribution in [0.3, 0.4) is 0 Å². The van der Waals surface area contributed by atoms with Gasteiger partial charge in [0.1, 0.15) is 0 Å². The molecule has 0 aliphatic carbocycles. The van der Waals surface area contributed by atoms with Crippen LogP contribution in [0.2, 0.25) is 0 Å². The Morgan fingerprint density at radius 3 is 1.79 bits per heavy atom. The van der Waals surface area contributed by atoms with Gasteiger partial charge < -0.3 is 24.8 Å². The van der Waals surface area contributed by atoms with Gasteiger partial charge in [0.2, 0.25) is 11.4 Å². The van der Waals surface area contributed by atoms with E-state index < -0.39 is 0 Å². The van der Waals surface area contributed by atoms with Crippen LogP contribution < -0.4 is 33.9 Å². The fourth-order valence-electron chi connectivity index (χ4n) is 3.08. The summed E-state index contributed by atoms with van der Waals surface area (Å²) < 4.78 is 4.17. The van der Waals surface area contributed by atoms with Crippen LogP contribution >= 0.6 is 0 Å². The number of halogens is 2. The maximum absolute atomic E-state index is 3.92. The molecule has 0 bridgehead atoms. The van der Waals surface area contributed by atoms with Crippen LogP contribution in [-0.4, -0.2) is 0 Å². The Hall–Kier alpha value is -2.94. The lowest BCUT2D eigenvalue weighted by molar-refractivity contribution is -0.595. The highest BCUT2D eigenvalue weighted by Crippen LogP contribution is 2.23. The lowest BCUT2D eigenvalue weighted by Crippen LogP contribution is -3.00. The van der Waals surface area contributed by atoms with Crippen molar-refractivity contribution in [1.82, 2.24) is 0 Å². The maximum Gasteiger partial charge on any atom is 0.218 e. The summed E-state index contributed by atoms with van der Waals surface area (Å²) in [6.07, 6.45) is 8.09. The molecule has 0 spiro atoms. The molecule has 2 aromatic carbocycles. The Morgan fingerprint density at radius 1 is 0.607 bits per heavy atom. The van der Waals surface area contributed by atoms with Crippen molar-refractivity contribution in [1.29, 1.82) is 0 Å². The minimum Gasteiger partial charge on any atom is -1.00 e. The maximum atomic E-state index is 3.92. The molecule has 0 saturated heterocycles. The third kappa shape index (κ3) is 4.48. The second-order valence-corrected chi connectivity index (χ2v) is 6.09. The second-order valence-electron chi connectivity index (χ2n) is 6.09. The van der Waals surface area contributed by atoms with Crippen LogP contribution in [0, 0.1) is 0 Å². The Balaban J connectivity index is 0.00000140. The van der Waals surface area contributed by atoms with Gasteiger partial charge in [-0.3, -0.25) is 0 Å². The van der Waals surface area contributed by atoms with E-state index in [9.17, 15) is 0 Å². The number of benzene rings is 2. The molecule has 0 unspecified atom stereocenters. The highest BCUT2D eigenvalue weighted by atomic mass is 35.5. The summed E-state index contributed by atoms with van der Waals surface area (Å²) in [5, 5.41) is 0. The molecule has 0 amide bonds. The van der Waals surface area contributed by atoms with Crippen molar-refractivity contribution in [2.45, 2.75) is 0 Å².